The van der Waals surface area contributed by atoms with Crippen molar-refractivity contribution in [2.75, 3.05) is 0 Å². The number of nitrogens with zero attached hydrogens (tertiary/aromatic N) is 3. The third-order valence-electron chi connectivity index (χ3n) is 1.94. The Balaban J connectivity index is 3.09. The number of aryl methyl sites for hydroxylation is 2. The highest BCUT2D eigenvalue weighted by Gasteiger charge is 2.06. The number of hydrogen-bond acceptors (Lipinski definition) is 4. The van der Waals surface area contributed by atoms with Crippen molar-refractivity contribution in [3.63, 3.8) is 0 Å². The summed E-state index contributed by atoms with van der Waals surface area (Å²) in [4.78, 5) is 19.2. The van der Waals surface area contributed by atoms with Crippen LogP contribution in [-0.2, 0) is 0 Å². The molecular weight excluding hydrogens is 168 g/mol. The smallest absolute Gasteiger partial charge is 0.266 e. The van der Waals surface area contributed by atoms with Gasteiger partial charge in [0.15, 0.2) is 0 Å². The molecule has 1 N–H and O–H groups in total. The zero-order valence-corrected chi connectivity index (χ0v) is 7.33. The maximum atomic E-state index is 11.3. The fourth-order valence-electron chi connectivity index (χ4n) is 1.32. The van der Waals surface area contributed by atoms with Crippen molar-refractivity contribution in [3.05, 3.63) is 28.1 Å². The Morgan fingerprint density at radius 1 is 1.23 bits per heavy atom. The average Bonchev–Trinajstić information content (AvgIpc) is 2.12. The van der Waals surface area contributed by atoms with E-state index in [1.807, 2.05) is 13.8 Å². The molecular formula is C8H8N4O. The van der Waals surface area contributed by atoms with Gasteiger partial charge in [-0.05, 0) is 13.8 Å². The Bertz CT molecular complexity index is 509. The Labute approximate surface area is 73.9 Å². The van der Waals surface area contributed by atoms with Crippen molar-refractivity contribution in [3.8, 4) is 0 Å². The van der Waals surface area contributed by atoms with Crippen LogP contribution in [-0.4, -0.2) is 20.2 Å². The van der Waals surface area contributed by atoms with E-state index in [2.05, 4.69) is 20.2 Å². The molecule has 66 valence electrons. The van der Waals surface area contributed by atoms with Gasteiger partial charge in [-0.1, -0.05) is 0 Å². The summed E-state index contributed by atoms with van der Waals surface area (Å²) in [6.45, 7) is 3.65. The van der Waals surface area contributed by atoms with Gasteiger partial charge in [-0.2, -0.15) is 5.10 Å². The van der Waals surface area contributed by atoms with Crippen molar-refractivity contribution >= 4 is 10.9 Å². The molecule has 2 aromatic rings. The van der Waals surface area contributed by atoms with Crippen LogP contribution in [0.4, 0.5) is 0 Å². The number of rotatable bonds is 0. The van der Waals surface area contributed by atoms with Crippen molar-refractivity contribution in [2.24, 2.45) is 0 Å². The molecule has 5 heteroatoms. The number of fused-ring (bicyclic) bond motifs is 1. The minimum Gasteiger partial charge on any atom is -0.266 e. The molecule has 5 nitrogen and oxygen atoms in total. The molecule has 0 aromatic carbocycles. The first-order valence-electron chi connectivity index (χ1n) is 3.86. The number of aromatic nitrogens is 4. The quantitative estimate of drug-likeness (QED) is 0.627. The van der Waals surface area contributed by atoms with Crippen LogP contribution >= 0.6 is 0 Å². The molecule has 0 saturated heterocycles. The monoisotopic (exact) mass is 176 g/mol. The van der Waals surface area contributed by atoms with Crippen molar-refractivity contribution < 1.29 is 0 Å². The standard InChI is InChI=1S/C8H8N4O/c1-4-6-5(2)11-12-8(13)7(6)10-3-9-4/h3H,1-2H3,(H,12,13). The van der Waals surface area contributed by atoms with Gasteiger partial charge >= 0.3 is 0 Å². The van der Waals surface area contributed by atoms with Crippen LogP contribution in [0.25, 0.3) is 10.9 Å². The van der Waals surface area contributed by atoms with E-state index in [9.17, 15) is 4.79 Å². The summed E-state index contributed by atoms with van der Waals surface area (Å²) in [5.74, 6) is 0. The number of nitrogens with one attached hydrogen (secondary N) is 1. The van der Waals surface area contributed by atoms with Gasteiger partial charge in [-0.25, -0.2) is 15.1 Å². The van der Waals surface area contributed by atoms with Crippen molar-refractivity contribution in [2.45, 2.75) is 13.8 Å². The maximum absolute atomic E-state index is 11.3. The van der Waals surface area contributed by atoms with E-state index >= 15 is 0 Å². The molecule has 0 aliphatic rings. The summed E-state index contributed by atoms with van der Waals surface area (Å²) >= 11 is 0. The molecule has 2 heterocycles. The third-order valence-corrected chi connectivity index (χ3v) is 1.94. The van der Waals surface area contributed by atoms with Crippen LogP contribution < -0.4 is 5.56 Å². The molecule has 0 saturated carbocycles. The second-order valence-electron chi connectivity index (χ2n) is 2.82. The summed E-state index contributed by atoms with van der Waals surface area (Å²) in [6.07, 6.45) is 1.38. The van der Waals surface area contributed by atoms with E-state index < -0.39 is 0 Å². The second kappa shape index (κ2) is 2.62. The van der Waals surface area contributed by atoms with Gasteiger partial charge in [0.05, 0.1) is 16.8 Å². The predicted molar refractivity (Wildman–Crippen MR) is 47.4 cm³/mol. The lowest BCUT2D eigenvalue weighted by Gasteiger charge is -2.00. The van der Waals surface area contributed by atoms with Crippen LogP contribution in [0.2, 0.25) is 0 Å². The Morgan fingerprint density at radius 2 is 2.00 bits per heavy atom. The Kier molecular flexibility index (Phi) is 1.58. The first-order chi connectivity index (χ1) is 6.20. The lowest BCUT2D eigenvalue weighted by atomic mass is 10.2. The predicted octanol–water partition coefficient (Wildman–Crippen LogP) is 0.330. The van der Waals surface area contributed by atoms with E-state index in [4.69, 9.17) is 0 Å². The van der Waals surface area contributed by atoms with Gasteiger partial charge in [-0.15, -0.1) is 0 Å². The molecule has 0 aliphatic carbocycles. The fourth-order valence-corrected chi connectivity index (χ4v) is 1.32. The van der Waals surface area contributed by atoms with E-state index in [0.29, 0.717) is 5.52 Å². The van der Waals surface area contributed by atoms with Crippen LogP contribution in [0.1, 0.15) is 11.4 Å². The molecule has 0 bridgehead atoms. The Hall–Kier alpha value is -1.78. The molecule has 0 fully saturated rings. The van der Waals surface area contributed by atoms with Gasteiger partial charge < -0.3 is 0 Å². The number of hydrogen-bond donors (Lipinski definition) is 1. The number of H-pyrrole nitrogens is 1. The largest absolute Gasteiger partial charge is 0.290 e. The fraction of sp³-hybridized carbons (Fsp3) is 0.250. The van der Waals surface area contributed by atoms with Gasteiger partial charge in [0.25, 0.3) is 5.56 Å². The van der Waals surface area contributed by atoms with E-state index in [-0.39, 0.29) is 5.56 Å². The maximum Gasteiger partial charge on any atom is 0.290 e. The highest BCUT2D eigenvalue weighted by molar-refractivity contribution is 5.81. The van der Waals surface area contributed by atoms with Crippen molar-refractivity contribution in [1.29, 1.82) is 0 Å². The molecule has 2 aromatic heterocycles. The molecule has 2 rings (SSSR count). The summed E-state index contributed by atoms with van der Waals surface area (Å²) in [5.41, 5.74) is 1.65. The SMILES string of the molecule is Cc1ncnc2c(=O)[nH]nc(C)c12. The van der Waals surface area contributed by atoms with E-state index in [0.717, 1.165) is 16.8 Å². The molecule has 0 unspecified atom stereocenters. The topological polar surface area (TPSA) is 71.5 Å². The zero-order chi connectivity index (χ0) is 9.42. The zero-order valence-electron chi connectivity index (χ0n) is 7.33. The Morgan fingerprint density at radius 3 is 2.69 bits per heavy atom. The molecule has 0 aliphatic heterocycles. The summed E-state index contributed by atoms with van der Waals surface area (Å²) in [7, 11) is 0. The first kappa shape index (κ1) is 7.85. The van der Waals surface area contributed by atoms with Crippen LogP contribution in [0, 0.1) is 13.8 Å². The minimum absolute atomic E-state index is 0.272. The first-order valence-corrected chi connectivity index (χ1v) is 3.86. The van der Waals surface area contributed by atoms with Gasteiger partial charge in [-0.3, -0.25) is 4.79 Å². The van der Waals surface area contributed by atoms with Crippen molar-refractivity contribution in [1.82, 2.24) is 20.2 Å². The van der Waals surface area contributed by atoms with Crippen LogP contribution in [0.15, 0.2) is 11.1 Å². The lowest BCUT2D eigenvalue weighted by molar-refractivity contribution is 0.954. The average molecular weight is 176 g/mol. The van der Waals surface area contributed by atoms with Crippen LogP contribution in [0.5, 0.6) is 0 Å². The second-order valence-corrected chi connectivity index (χ2v) is 2.82. The van der Waals surface area contributed by atoms with E-state index in [1.165, 1.54) is 6.33 Å². The summed E-state index contributed by atoms with van der Waals surface area (Å²) in [6, 6.07) is 0. The van der Waals surface area contributed by atoms with Gasteiger partial charge in [0.1, 0.15) is 11.8 Å². The molecule has 0 spiro atoms. The lowest BCUT2D eigenvalue weighted by Crippen LogP contribution is -2.12. The highest BCUT2D eigenvalue weighted by Crippen LogP contribution is 2.11. The summed E-state index contributed by atoms with van der Waals surface area (Å²) in [5, 5.41) is 6.97. The van der Waals surface area contributed by atoms with Gasteiger partial charge in [0.2, 0.25) is 0 Å². The summed E-state index contributed by atoms with van der Waals surface area (Å²) < 4.78 is 0. The van der Waals surface area contributed by atoms with Gasteiger partial charge in [0, 0.05) is 0 Å². The number of aromatic amines is 1. The minimum atomic E-state index is -0.272. The molecule has 0 amide bonds. The molecule has 13 heavy (non-hydrogen) atoms. The normalized spacial score (nSPS) is 10.6. The van der Waals surface area contributed by atoms with Crippen LogP contribution in [0.3, 0.4) is 0 Å². The molecule has 0 radical (unpaired) electrons. The third kappa shape index (κ3) is 1.09. The molecule has 0 atom stereocenters. The highest BCUT2D eigenvalue weighted by atomic mass is 16.1. The van der Waals surface area contributed by atoms with E-state index in [1.54, 1.807) is 0 Å².